The maximum absolute atomic E-state index is 12.2. The minimum Gasteiger partial charge on any atom is -0.493 e. The number of ether oxygens (including phenoxy) is 1. The molecule has 2 aromatic carbocycles. The molecule has 0 aliphatic carbocycles. The third-order valence-electron chi connectivity index (χ3n) is 4.38. The minimum absolute atomic E-state index is 0.0903. The van der Waals surface area contributed by atoms with Gasteiger partial charge in [-0.05, 0) is 43.2 Å². The molecule has 1 fully saturated rings. The molecule has 0 radical (unpaired) electrons. The number of carbonyl (C=O) groups is 1. The van der Waals surface area contributed by atoms with E-state index in [0.717, 1.165) is 34.9 Å². The van der Waals surface area contributed by atoms with Gasteiger partial charge in [-0.1, -0.05) is 43.7 Å². The van der Waals surface area contributed by atoms with Crippen molar-refractivity contribution in [3.8, 4) is 5.75 Å². The van der Waals surface area contributed by atoms with Crippen molar-refractivity contribution in [2.45, 2.75) is 39.2 Å². The largest absolute Gasteiger partial charge is 0.493 e. The number of amides is 1. The fourth-order valence-corrected chi connectivity index (χ4v) is 2.90. The van der Waals surface area contributed by atoms with Gasteiger partial charge < -0.3 is 4.74 Å². The molecule has 2 N–H and O–H groups in total. The van der Waals surface area contributed by atoms with E-state index < -0.39 is 5.54 Å². The zero-order chi connectivity index (χ0) is 17.2. The van der Waals surface area contributed by atoms with Crippen LogP contribution in [0.3, 0.4) is 0 Å². The fourth-order valence-electron chi connectivity index (χ4n) is 2.90. The molecule has 0 saturated carbocycles. The van der Waals surface area contributed by atoms with Gasteiger partial charge in [-0.2, -0.15) is 0 Å². The molecule has 0 bridgehead atoms. The number of hydrazine groups is 1. The van der Waals surface area contributed by atoms with E-state index in [1.54, 1.807) is 0 Å². The lowest BCUT2D eigenvalue weighted by molar-refractivity contribution is -0.116. The monoisotopic (exact) mass is 324 g/mol. The van der Waals surface area contributed by atoms with Gasteiger partial charge in [0.15, 0.2) is 0 Å². The molecule has 3 rings (SSSR count). The minimum atomic E-state index is -0.422. The Morgan fingerprint density at radius 1 is 1.17 bits per heavy atom. The van der Waals surface area contributed by atoms with Gasteiger partial charge in [-0.25, -0.2) is 5.43 Å². The van der Waals surface area contributed by atoms with E-state index in [0.29, 0.717) is 12.2 Å². The summed E-state index contributed by atoms with van der Waals surface area (Å²) >= 11 is 0. The predicted molar refractivity (Wildman–Crippen MR) is 97.7 cm³/mol. The lowest BCUT2D eigenvalue weighted by Gasteiger charge is -2.18. The second-order valence-corrected chi connectivity index (χ2v) is 6.66. The average Bonchev–Trinajstić information content (AvgIpc) is 2.83. The van der Waals surface area contributed by atoms with E-state index in [1.807, 2.05) is 38.1 Å². The Kier molecular flexibility index (Phi) is 4.58. The number of hydrogen-bond acceptors (Lipinski definition) is 3. The molecule has 1 amide bonds. The maximum Gasteiger partial charge on any atom is 0.263 e. The number of hydrogen-bond donors (Lipinski definition) is 2. The third kappa shape index (κ3) is 3.15. The molecule has 126 valence electrons. The van der Waals surface area contributed by atoms with Crippen molar-refractivity contribution in [3.05, 3.63) is 47.5 Å². The summed E-state index contributed by atoms with van der Waals surface area (Å²) in [5.74, 6) is 0.734. The average molecular weight is 324 g/mol. The van der Waals surface area contributed by atoms with Crippen molar-refractivity contribution in [3.63, 3.8) is 0 Å². The molecule has 4 nitrogen and oxygen atoms in total. The molecule has 0 unspecified atom stereocenters. The van der Waals surface area contributed by atoms with Crippen LogP contribution in [0.1, 0.15) is 39.2 Å². The standard InChI is InChI=1S/C20H24N2O2/c1-4-5-12-24-18-11-10-14-8-6-7-9-15(14)16(18)13-17-19(23)21-22-20(17,2)3/h6-11,13,22H,4-5,12H2,1-3H3,(H,21,23)/b17-13+. The molecule has 1 aliphatic rings. The zero-order valence-corrected chi connectivity index (χ0v) is 14.5. The fraction of sp³-hybridized carbons (Fsp3) is 0.350. The molecule has 2 aromatic rings. The van der Waals surface area contributed by atoms with Gasteiger partial charge in [0, 0.05) is 11.1 Å². The molecular formula is C20H24N2O2. The van der Waals surface area contributed by atoms with Gasteiger partial charge >= 0.3 is 0 Å². The van der Waals surface area contributed by atoms with E-state index in [2.05, 4.69) is 36.0 Å². The quantitative estimate of drug-likeness (QED) is 0.649. The van der Waals surface area contributed by atoms with Crippen LogP contribution in [0.4, 0.5) is 0 Å². The van der Waals surface area contributed by atoms with Crippen molar-refractivity contribution in [2.75, 3.05) is 6.61 Å². The summed E-state index contributed by atoms with van der Waals surface area (Å²) in [4.78, 5) is 12.2. The first kappa shape index (κ1) is 16.5. The van der Waals surface area contributed by atoms with Crippen molar-refractivity contribution in [1.82, 2.24) is 10.9 Å². The number of carbonyl (C=O) groups excluding carboxylic acids is 1. The Bertz CT molecular complexity index is 793. The Morgan fingerprint density at radius 3 is 2.67 bits per heavy atom. The van der Waals surface area contributed by atoms with Gasteiger partial charge in [-0.3, -0.25) is 10.2 Å². The summed E-state index contributed by atoms with van der Waals surface area (Å²) in [7, 11) is 0. The van der Waals surface area contributed by atoms with Crippen molar-refractivity contribution in [1.29, 1.82) is 0 Å². The second kappa shape index (κ2) is 6.65. The Morgan fingerprint density at radius 2 is 1.96 bits per heavy atom. The predicted octanol–water partition coefficient (Wildman–Crippen LogP) is 3.82. The number of nitrogens with one attached hydrogen (secondary N) is 2. The SMILES string of the molecule is CCCCOc1ccc2ccccc2c1/C=C1\C(=O)NNC1(C)C. The van der Waals surface area contributed by atoms with Gasteiger partial charge in [0.2, 0.25) is 0 Å². The molecule has 0 spiro atoms. The summed E-state index contributed by atoms with van der Waals surface area (Å²) in [6.45, 7) is 6.79. The first-order valence-electron chi connectivity index (χ1n) is 8.47. The van der Waals surface area contributed by atoms with E-state index in [9.17, 15) is 4.79 Å². The number of rotatable bonds is 5. The molecule has 24 heavy (non-hydrogen) atoms. The summed E-state index contributed by atoms with van der Waals surface area (Å²) in [5, 5.41) is 2.23. The molecule has 4 heteroatoms. The van der Waals surface area contributed by atoms with Crippen LogP contribution in [0, 0.1) is 0 Å². The summed E-state index contributed by atoms with van der Waals surface area (Å²) < 4.78 is 6.00. The highest BCUT2D eigenvalue weighted by Crippen LogP contribution is 2.33. The smallest absolute Gasteiger partial charge is 0.263 e. The van der Waals surface area contributed by atoms with Crippen LogP contribution in [0.5, 0.6) is 5.75 Å². The van der Waals surface area contributed by atoms with Crippen LogP contribution in [0.25, 0.3) is 16.8 Å². The van der Waals surface area contributed by atoms with Crippen LogP contribution < -0.4 is 15.6 Å². The maximum atomic E-state index is 12.2. The highest BCUT2D eigenvalue weighted by molar-refractivity contribution is 6.05. The van der Waals surface area contributed by atoms with Crippen LogP contribution >= 0.6 is 0 Å². The first-order valence-corrected chi connectivity index (χ1v) is 8.47. The van der Waals surface area contributed by atoms with Crippen molar-refractivity contribution in [2.24, 2.45) is 0 Å². The second-order valence-electron chi connectivity index (χ2n) is 6.66. The van der Waals surface area contributed by atoms with Crippen molar-refractivity contribution >= 4 is 22.8 Å². The molecular weight excluding hydrogens is 300 g/mol. The molecule has 0 atom stereocenters. The Balaban J connectivity index is 2.12. The summed E-state index contributed by atoms with van der Waals surface area (Å²) in [5.41, 5.74) is 6.98. The molecule has 1 heterocycles. The van der Waals surface area contributed by atoms with Gasteiger partial charge in [0.1, 0.15) is 5.75 Å². The summed E-state index contributed by atoms with van der Waals surface area (Å²) in [6.07, 6.45) is 4.05. The molecule has 0 aromatic heterocycles. The zero-order valence-electron chi connectivity index (χ0n) is 14.5. The van der Waals surface area contributed by atoms with Crippen molar-refractivity contribution < 1.29 is 9.53 Å². The van der Waals surface area contributed by atoms with Crippen LogP contribution in [0.2, 0.25) is 0 Å². The number of benzene rings is 2. The van der Waals surface area contributed by atoms with Gasteiger partial charge in [0.05, 0.1) is 12.1 Å². The van der Waals surface area contributed by atoms with Crippen LogP contribution in [-0.4, -0.2) is 18.1 Å². The van der Waals surface area contributed by atoms with Gasteiger partial charge in [0.25, 0.3) is 5.91 Å². The molecule has 1 aliphatic heterocycles. The lowest BCUT2D eigenvalue weighted by atomic mass is 9.92. The normalized spacial score (nSPS) is 18.1. The third-order valence-corrected chi connectivity index (χ3v) is 4.38. The first-order chi connectivity index (χ1) is 11.5. The van der Waals surface area contributed by atoms with Gasteiger partial charge in [-0.15, -0.1) is 0 Å². The van der Waals surface area contributed by atoms with E-state index in [1.165, 1.54) is 0 Å². The Hall–Kier alpha value is -2.33. The lowest BCUT2D eigenvalue weighted by Crippen LogP contribution is -2.38. The Labute approximate surface area is 142 Å². The number of fused-ring (bicyclic) bond motifs is 1. The van der Waals surface area contributed by atoms with E-state index in [-0.39, 0.29) is 5.91 Å². The highest BCUT2D eigenvalue weighted by atomic mass is 16.5. The van der Waals surface area contributed by atoms with E-state index in [4.69, 9.17) is 4.74 Å². The molecule has 1 saturated heterocycles. The summed E-state index contributed by atoms with van der Waals surface area (Å²) in [6, 6.07) is 12.2. The van der Waals surface area contributed by atoms with Crippen LogP contribution in [0.15, 0.2) is 42.0 Å². The number of unbranched alkanes of at least 4 members (excludes halogenated alkanes) is 1. The highest BCUT2D eigenvalue weighted by Gasteiger charge is 2.35. The van der Waals surface area contributed by atoms with E-state index >= 15 is 0 Å². The van der Waals surface area contributed by atoms with Crippen LogP contribution in [-0.2, 0) is 4.79 Å². The topological polar surface area (TPSA) is 50.4 Å².